The Morgan fingerprint density at radius 1 is 1.00 bits per heavy atom. The summed E-state index contributed by atoms with van der Waals surface area (Å²) in [5.41, 5.74) is 1.97. The van der Waals surface area contributed by atoms with Crippen molar-refractivity contribution in [2.75, 3.05) is 23.4 Å². The van der Waals surface area contributed by atoms with Crippen LogP contribution < -0.4 is 14.5 Å². The molecule has 0 aliphatic carbocycles. The Kier molecular flexibility index (Phi) is 5.41. The summed E-state index contributed by atoms with van der Waals surface area (Å²) in [6, 6.07) is 22.6. The van der Waals surface area contributed by atoms with E-state index in [0.29, 0.717) is 22.8 Å². The van der Waals surface area contributed by atoms with Gasteiger partial charge in [-0.25, -0.2) is 0 Å². The normalized spacial score (nSPS) is 18.4. The lowest BCUT2D eigenvalue weighted by Gasteiger charge is -2.19. The van der Waals surface area contributed by atoms with Gasteiger partial charge in [0.25, 0.3) is 10.0 Å². The molecule has 5 rings (SSSR count). The molecule has 2 heterocycles. The standard InChI is InChI=1S/C25H21N3O5S/c1-27(24-21-9-5-6-10-22(21)34(31,32)26-24)18-11-13-20(14-12-18)33-25(30)17-15-23(29)28(16-17)19-7-3-2-4-8-19/h2-14,17H,15-16H2,1H3/t17-/m0/s1. The van der Waals surface area contributed by atoms with Crippen LogP contribution in [0.5, 0.6) is 5.75 Å². The second kappa shape index (κ2) is 8.42. The fraction of sp³-hybridized carbons (Fsp3) is 0.160. The number of anilines is 2. The van der Waals surface area contributed by atoms with Crippen LogP contribution in [0.15, 0.2) is 88.2 Å². The van der Waals surface area contributed by atoms with Crippen LogP contribution in [0.3, 0.4) is 0 Å². The molecule has 0 bridgehead atoms. The summed E-state index contributed by atoms with van der Waals surface area (Å²) >= 11 is 0. The van der Waals surface area contributed by atoms with Gasteiger partial charge in [0, 0.05) is 37.0 Å². The Labute approximate surface area is 197 Å². The predicted molar refractivity (Wildman–Crippen MR) is 128 cm³/mol. The van der Waals surface area contributed by atoms with Gasteiger partial charge in [0.2, 0.25) is 5.91 Å². The molecule has 8 nitrogen and oxygen atoms in total. The molecule has 1 saturated heterocycles. The largest absolute Gasteiger partial charge is 0.426 e. The average molecular weight is 476 g/mol. The zero-order valence-electron chi connectivity index (χ0n) is 18.3. The quantitative estimate of drug-likeness (QED) is 0.425. The van der Waals surface area contributed by atoms with Crippen molar-refractivity contribution in [3.63, 3.8) is 0 Å². The van der Waals surface area contributed by atoms with Crippen LogP contribution in [0.1, 0.15) is 12.0 Å². The molecular weight excluding hydrogens is 454 g/mol. The summed E-state index contributed by atoms with van der Waals surface area (Å²) in [5, 5.41) is 0. The van der Waals surface area contributed by atoms with E-state index >= 15 is 0 Å². The Morgan fingerprint density at radius 3 is 2.41 bits per heavy atom. The van der Waals surface area contributed by atoms with E-state index < -0.39 is 21.9 Å². The molecule has 0 aromatic heterocycles. The van der Waals surface area contributed by atoms with E-state index in [1.54, 1.807) is 59.3 Å². The number of fused-ring (bicyclic) bond motifs is 1. The van der Waals surface area contributed by atoms with Gasteiger partial charge in [-0.15, -0.1) is 4.40 Å². The molecule has 1 amide bonds. The van der Waals surface area contributed by atoms with Gasteiger partial charge in [0.05, 0.1) is 5.92 Å². The van der Waals surface area contributed by atoms with E-state index in [4.69, 9.17) is 4.74 Å². The Bertz CT molecular complexity index is 1400. The first kappa shape index (κ1) is 21.8. The van der Waals surface area contributed by atoms with E-state index in [1.807, 2.05) is 30.3 Å². The van der Waals surface area contributed by atoms with Crippen LogP contribution >= 0.6 is 0 Å². The molecule has 2 aliphatic heterocycles. The fourth-order valence-corrected chi connectivity index (χ4v) is 5.35. The molecule has 0 unspecified atom stereocenters. The molecule has 9 heteroatoms. The van der Waals surface area contributed by atoms with E-state index in [1.165, 1.54) is 6.07 Å². The summed E-state index contributed by atoms with van der Waals surface area (Å²) in [6.07, 6.45) is 0.0995. The molecule has 0 saturated carbocycles. The minimum Gasteiger partial charge on any atom is -0.426 e. The van der Waals surface area contributed by atoms with Crippen molar-refractivity contribution in [2.24, 2.45) is 10.3 Å². The van der Waals surface area contributed by atoms with Crippen LogP contribution in [0.4, 0.5) is 11.4 Å². The molecule has 0 radical (unpaired) electrons. The van der Waals surface area contributed by atoms with Crippen molar-refractivity contribution in [3.8, 4) is 5.75 Å². The number of hydrogen-bond acceptors (Lipinski definition) is 6. The molecule has 1 fully saturated rings. The molecule has 1 atom stereocenters. The van der Waals surface area contributed by atoms with E-state index in [-0.39, 0.29) is 23.8 Å². The maximum absolute atomic E-state index is 12.7. The van der Waals surface area contributed by atoms with Crippen molar-refractivity contribution in [1.29, 1.82) is 0 Å². The Hall–Kier alpha value is -3.98. The molecule has 0 spiro atoms. The maximum atomic E-state index is 12.7. The first-order valence-corrected chi connectivity index (χ1v) is 12.1. The highest BCUT2D eigenvalue weighted by Crippen LogP contribution is 2.30. The van der Waals surface area contributed by atoms with Crippen LogP contribution in [0, 0.1) is 5.92 Å². The van der Waals surface area contributed by atoms with E-state index in [0.717, 1.165) is 5.69 Å². The molecule has 172 valence electrons. The highest BCUT2D eigenvalue weighted by molar-refractivity contribution is 7.90. The highest BCUT2D eigenvalue weighted by atomic mass is 32.2. The molecular formula is C25H21N3O5S. The second-order valence-corrected chi connectivity index (χ2v) is 9.67. The van der Waals surface area contributed by atoms with Crippen LogP contribution in [-0.2, 0) is 19.6 Å². The number of carbonyl (C=O) groups is 2. The third-order valence-corrected chi connectivity index (χ3v) is 7.22. The third-order valence-electron chi connectivity index (χ3n) is 5.90. The van der Waals surface area contributed by atoms with Gasteiger partial charge in [-0.1, -0.05) is 30.3 Å². The number of carbonyl (C=O) groups excluding carboxylic acids is 2. The molecule has 2 aliphatic rings. The van der Waals surface area contributed by atoms with Crippen LogP contribution in [0.25, 0.3) is 0 Å². The predicted octanol–water partition coefficient (Wildman–Crippen LogP) is 3.23. The Morgan fingerprint density at radius 2 is 1.68 bits per heavy atom. The number of amidine groups is 1. The number of amides is 1. The monoisotopic (exact) mass is 475 g/mol. The summed E-state index contributed by atoms with van der Waals surface area (Å²) in [6.45, 7) is 0.274. The van der Waals surface area contributed by atoms with Gasteiger partial charge in [0.15, 0.2) is 5.84 Å². The minimum atomic E-state index is -3.73. The van der Waals surface area contributed by atoms with Gasteiger partial charge in [-0.3, -0.25) is 9.59 Å². The number of nitrogens with zero attached hydrogens (tertiary/aromatic N) is 3. The van der Waals surface area contributed by atoms with Gasteiger partial charge < -0.3 is 14.5 Å². The number of rotatable bonds is 4. The first-order chi connectivity index (χ1) is 16.3. The fourth-order valence-electron chi connectivity index (χ4n) is 4.11. The smallest absolute Gasteiger partial charge is 0.316 e. The number of ether oxygens (including phenoxy) is 1. The summed E-state index contributed by atoms with van der Waals surface area (Å²) in [5.74, 6) is -0.463. The zero-order valence-corrected chi connectivity index (χ0v) is 19.1. The molecule has 3 aromatic rings. The first-order valence-electron chi connectivity index (χ1n) is 10.7. The van der Waals surface area contributed by atoms with E-state index in [2.05, 4.69) is 4.40 Å². The van der Waals surface area contributed by atoms with Crippen molar-refractivity contribution < 1.29 is 22.7 Å². The lowest BCUT2D eigenvalue weighted by molar-refractivity contribution is -0.139. The summed E-state index contributed by atoms with van der Waals surface area (Å²) in [7, 11) is -2.00. The van der Waals surface area contributed by atoms with Gasteiger partial charge in [-0.05, 0) is 48.5 Å². The summed E-state index contributed by atoms with van der Waals surface area (Å²) < 4.78 is 34.1. The molecule has 3 aromatic carbocycles. The van der Waals surface area contributed by atoms with Gasteiger partial charge in [0.1, 0.15) is 10.6 Å². The lowest BCUT2D eigenvalue weighted by atomic mass is 10.1. The lowest BCUT2D eigenvalue weighted by Crippen LogP contribution is -2.27. The number of sulfonamides is 1. The number of para-hydroxylation sites is 1. The van der Waals surface area contributed by atoms with Crippen LogP contribution in [0.2, 0.25) is 0 Å². The zero-order chi connectivity index (χ0) is 23.9. The van der Waals surface area contributed by atoms with Crippen molar-refractivity contribution in [3.05, 3.63) is 84.4 Å². The summed E-state index contributed by atoms with van der Waals surface area (Å²) in [4.78, 5) is 28.5. The SMILES string of the molecule is CN(C1=NS(=O)(=O)c2ccccc21)c1ccc(OC(=O)[C@H]2CC(=O)N(c3ccccc3)C2)cc1. The van der Waals surface area contributed by atoms with Gasteiger partial charge in [-0.2, -0.15) is 8.42 Å². The average Bonchev–Trinajstić information content (AvgIpc) is 3.37. The van der Waals surface area contributed by atoms with E-state index in [9.17, 15) is 18.0 Å². The Balaban J connectivity index is 1.27. The topological polar surface area (TPSA) is 96.3 Å². The highest BCUT2D eigenvalue weighted by Gasteiger charge is 2.36. The number of hydrogen-bond donors (Lipinski definition) is 0. The van der Waals surface area contributed by atoms with Crippen molar-refractivity contribution in [1.82, 2.24) is 0 Å². The number of esters is 1. The number of benzene rings is 3. The third kappa shape index (κ3) is 3.94. The van der Waals surface area contributed by atoms with Crippen LogP contribution in [-0.4, -0.2) is 39.7 Å². The maximum Gasteiger partial charge on any atom is 0.316 e. The molecule has 34 heavy (non-hydrogen) atoms. The molecule has 0 N–H and O–H groups in total. The van der Waals surface area contributed by atoms with Crippen molar-refractivity contribution in [2.45, 2.75) is 11.3 Å². The minimum absolute atomic E-state index is 0.0995. The van der Waals surface area contributed by atoms with Crippen molar-refractivity contribution >= 4 is 39.1 Å². The van der Waals surface area contributed by atoms with Gasteiger partial charge >= 0.3 is 5.97 Å². The second-order valence-electron chi connectivity index (χ2n) is 8.10.